The van der Waals surface area contributed by atoms with Gasteiger partial charge in [-0.2, -0.15) is 4.98 Å². The maximum absolute atomic E-state index is 12.2. The second-order valence-electron chi connectivity index (χ2n) is 7.73. The highest BCUT2D eigenvalue weighted by Gasteiger charge is 2.23. The van der Waals surface area contributed by atoms with Crippen LogP contribution in [0.4, 0.5) is 23.1 Å². The van der Waals surface area contributed by atoms with E-state index in [4.69, 9.17) is 16.3 Å². The highest BCUT2D eigenvalue weighted by atomic mass is 35.5. The molecule has 0 unspecified atom stereocenters. The van der Waals surface area contributed by atoms with Crippen LogP contribution in [0.5, 0.6) is 5.75 Å². The quantitative estimate of drug-likeness (QED) is 0.471. The summed E-state index contributed by atoms with van der Waals surface area (Å²) < 4.78 is 5.61. The Balaban J connectivity index is 1.45. The smallest absolute Gasteiger partial charge is 0.254 e. The van der Waals surface area contributed by atoms with Crippen molar-refractivity contribution in [2.75, 3.05) is 30.8 Å². The molecule has 8 nitrogen and oxygen atoms in total. The van der Waals surface area contributed by atoms with Crippen molar-refractivity contribution >= 4 is 40.6 Å². The maximum Gasteiger partial charge on any atom is 0.254 e. The molecule has 32 heavy (non-hydrogen) atoms. The van der Waals surface area contributed by atoms with Crippen LogP contribution in [0.2, 0.25) is 5.02 Å². The summed E-state index contributed by atoms with van der Waals surface area (Å²) in [5.41, 5.74) is 5.55. The molecule has 0 saturated heterocycles. The molecule has 3 heterocycles. The molecule has 2 aliphatic heterocycles. The van der Waals surface area contributed by atoms with Crippen LogP contribution in [0, 0.1) is 0 Å². The minimum Gasteiger partial charge on any atom is -0.495 e. The van der Waals surface area contributed by atoms with Crippen LogP contribution in [-0.2, 0) is 19.4 Å². The minimum absolute atomic E-state index is 0.115. The lowest BCUT2D eigenvalue weighted by atomic mass is 10.0. The van der Waals surface area contributed by atoms with Crippen molar-refractivity contribution < 1.29 is 9.53 Å². The van der Waals surface area contributed by atoms with Crippen LogP contribution >= 0.6 is 11.6 Å². The number of hydrogen-bond donors (Lipinski definition) is 4. The largest absolute Gasteiger partial charge is 0.495 e. The zero-order valence-electron chi connectivity index (χ0n) is 17.6. The third-order valence-electron chi connectivity index (χ3n) is 5.72. The van der Waals surface area contributed by atoms with Gasteiger partial charge < -0.3 is 26.0 Å². The van der Waals surface area contributed by atoms with Crippen molar-refractivity contribution in [1.29, 1.82) is 0 Å². The van der Waals surface area contributed by atoms with E-state index >= 15 is 0 Å². The number of benzene rings is 2. The van der Waals surface area contributed by atoms with Crippen LogP contribution in [0.15, 0.2) is 36.5 Å². The topological polar surface area (TPSA) is 100 Å². The van der Waals surface area contributed by atoms with E-state index in [2.05, 4.69) is 43.4 Å². The molecule has 2 aromatic carbocycles. The van der Waals surface area contributed by atoms with Crippen LogP contribution < -0.4 is 26.0 Å². The van der Waals surface area contributed by atoms with E-state index in [0.717, 1.165) is 42.9 Å². The van der Waals surface area contributed by atoms with Crippen LogP contribution in [0.1, 0.15) is 27.0 Å². The summed E-state index contributed by atoms with van der Waals surface area (Å²) in [5, 5.41) is 13.1. The van der Waals surface area contributed by atoms with Crippen LogP contribution in [0.25, 0.3) is 0 Å². The first-order valence-electron chi connectivity index (χ1n) is 10.5. The average Bonchev–Trinajstić information content (AvgIpc) is 3.03. The van der Waals surface area contributed by atoms with Crippen molar-refractivity contribution in [3.05, 3.63) is 63.8 Å². The van der Waals surface area contributed by atoms with E-state index in [1.54, 1.807) is 7.11 Å². The Bertz CT molecular complexity index is 1200. The number of aromatic nitrogens is 2. The normalized spacial score (nSPS) is 14.8. The van der Waals surface area contributed by atoms with Gasteiger partial charge in [0.05, 0.1) is 30.2 Å². The molecule has 3 aromatic rings. The van der Waals surface area contributed by atoms with Gasteiger partial charge in [-0.15, -0.1) is 0 Å². The number of halogens is 1. The Hall–Kier alpha value is -3.36. The molecule has 4 N–H and O–H groups in total. The molecule has 0 bridgehead atoms. The number of nitrogens with one attached hydrogen (secondary N) is 4. The molecule has 0 atom stereocenters. The standard InChI is InChI=1S/C23H23ClN6O2/c1-32-19-10-14-6-8-25-7-5-13(14)9-18(19)29-23-27-12-16(24)21(30-23)28-17-4-2-3-15-11-26-22(31)20(15)17/h2-4,9-10,12,25H,5-8,11H2,1H3,(H,26,31)(H2,27,28,29,30). The Morgan fingerprint density at radius 3 is 2.69 bits per heavy atom. The minimum atomic E-state index is -0.115. The Morgan fingerprint density at radius 1 is 1.06 bits per heavy atom. The number of amides is 1. The highest BCUT2D eigenvalue weighted by Crippen LogP contribution is 2.33. The van der Waals surface area contributed by atoms with Gasteiger partial charge in [-0.05, 0) is 60.8 Å². The summed E-state index contributed by atoms with van der Waals surface area (Å²) in [6, 6.07) is 9.82. The van der Waals surface area contributed by atoms with Gasteiger partial charge in [0.2, 0.25) is 5.95 Å². The first-order chi connectivity index (χ1) is 15.6. The van der Waals surface area contributed by atoms with E-state index in [1.807, 2.05) is 18.2 Å². The summed E-state index contributed by atoms with van der Waals surface area (Å²) in [4.78, 5) is 21.1. The molecule has 2 aliphatic rings. The number of carbonyl (C=O) groups excluding carboxylic acids is 1. The predicted molar refractivity (Wildman–Crippen MR) is 124 cm³/mol. The van der Waals surface area contributed by atoms with E-state index in [1.165, 1.54) is 17.3 Å². The summed E-state index contributed by atoms with van der Waals surface area (Å²) in [6.45, 7) is 2.42. The van der Waals surface area contributed by atoms with Crippen molar-refractivity contribution in [3.63, 3.8) is 0 Å². The molecule has 9 heteroatoms. The monoisotopic (exact) mass is 450 g/mol. The first-order valence-corrected chi connectivity index (χ1v) is 10.9. The lowest BCUT2D eigenvalue weighted by Crippen LogP contribution is -2.16. The van der Waals surface area contributed by atoms with Gasteiger partial charge >= 0.3 is 0 Å². The zero-order valence-corrected chi connectivity index (χ0v) is 18.3. The fourth-order valence-corrected chi connectivity index (χ4v) is 4.25. The number of nitrogens with zero attached hydrogens (tertiary/aromatic N) is 2. The summed E-state index contributed by atoms with van der Waals surface area (Å²) in [7, 11) is 1.65. The molecule has 5 rings (SSSR count). The number of methoxy groups -OCH3 is 1. The molecule has 0 fully saturated rings. The van der Waals surface area contributed by atoms with Crippen molar-refractivity contribution in [2.45, 2.75) is 19.4 Å². The summed E-state index contributed by atoms with van der Waals surface area (Å²) in [5.74, 6) is 1.40. The molecule has 0 radical (unpaired) electrons. The second-order valence-corrected chi connectivity index (χ2v) is 8.14. The fraction of sp³-hybridized carbons (Fsp3) is 0.261. The molecule has 0 spiro atoms. The fourth-order valence-electron chi connectivity index (χ4n) is 4.12. The van der Waals surface area contributed by atoms with Gasteiger partial charge in [-0.1, -0.05) is 23.7 Å². The second kappa shape index (κ2) is 8.64. The molecular formula is C23H23ClN6O2. The summed E-state index contributed by atoms with van der Waals surface area (Å²) >= 11 is 6.36. The third-order valence-corrected chi connectivity index (χ3v) is 6.00. The van der Waals surface area contributed by atoms with E-state index in [-0.39, 0.29) is 5.91 Å². The average molecular weight is 451 g/mol. The highest BCUT2D eigenvalue weighted by molar-refractivity contribution is 6.33. The van der Waals surface area contributed by atoms with Gasteiger partial charge in [0.15, 0.2) is 5.82 Å². The van der Waals surface area contributed by atoms with Crippen molar-refractivity contribution in [1.82, 2.24) is 20.6 Å². The number of ether oxygens (including phenoxy) is 1. The molecule has 0 aliphatic carbocycles. The number of rotatable bonds is 5. The number of anilines is 4. The summed E-state index contributed by atoms with van der Waals surface area (Å²) in [6.07, 6.45) is 3.44. The van der Waals surface area contributed by atoms with Crippen molar-refractivity contribution in [2.24, 2.45) is 0 Å². The van der Waals surface area contributed by atoms with Gasteiger partial charge in [-0.3, -0.25) is 4.79 Å². The molecular weight excluding hydrogens is 428 g/mol. The Kier molecular flexibility index (Phi) is 5.55. The third kappa shape index (κ3) is 3.94. The lowest BCUT2D eigenvalue weighted by Gasteiger charge is -2.16. The van der Waals surface area contributed by atoms with E-state index < -0.39 is 0 Å². The van der Waals surface area contributed by atoms with Gasteiger partial charge in [0, 0.05) is 6.54 Å². The molecule has 164 valence electrons. The zero-order chi connectivity index (χ0) is 22.1. The number of hydrogen-bond acceptors (Lipinski definition) is 7. The Morgan fingerprint density at radius 2 is 1.88 bits per heavy atom. The molecule has 1 amide bonds. The van der Waals surface area contributed by atoms with Gasteiger partial charge in [0.1, 0.15) is 10.8 Å². The maximum atomic E-state index is 12.2. The van der Waals surface area contributed by atoms with Crippen LogP contribution in [-0.4, -0.2) is 36.1 Å². The number of fused-ring (bicyclic) bond motifs is 2. The van der Waals surface area contributed by atoms with Crippen molar-refractivity contribution in [3.8, 4) is 5.75 Å². The SMILES string of the molecule is COc1cc2c(cc1Nc1ncc(Cl)c(Nc3cccc4c3C(=O)NC4)n1)CCNCC2. The predicted octanol–water partition coefficient (Wildman–Crippen LogP) is 3.56. The Labute approximate surface area is 190 Å². The number of carbonyl (C=O) groups is 1. The van der Waals surface area contributed by atoms with E-state index in [9.17, 15) is 4.79 Å². The van der Waals surface area contributed by atoms with E-state index in [0.29, 0.717) is 34.6 Å². The molecule has 1 aromatic heterocycles. The lowest BCUT2D eigenvalue weighted by molar-refractivity contribution is 0.0966. The van der Waals surface area contributed by atoms with Crippen LogP contribution in [0.3, 0.4) is 0 Å². The van der Waals surface area contributed by atoms with Gasteiger partial charge in [0.25, 0.3) is 5.91 Å². The molecule has 0 saturated carbocycles. The van der Waals surface area contributed by atoms with Gasteiger partial charge in [-0.25, -0.2) is 4.98 Å². The first kappa shape index (κ1) is 20.5.